The van der Waals surface area contributed by atoms with Crippen LogP contribution in [0.15, 0.2) is 30.5 Å². The molecular weight excluding hydrogens is 255 g/mol. The van der Waals surface area contributed by atoms with Crippen LogP contribution in [0.4, 0.5) is 10.1 Å². The summed E-state index contributed by atoms with van der Waals surface area (Å²) in [4.78, 5) is 6.22. The van der Waals surface area contributed by atoms with Gasteiger partial charge in [-0.15, -0.1) is 0 Å². The van der Waals surface area contributed by atoms with Gasteiger partial charge in [0.2, 0.25) is 0 Å². The highest BCUT2D eigenvalue weighted by atomic mass is 19.1. The Morgan fingerprint density at radius 3 is 2.95 bits per heavy atom. The molecule has 1 aliphatic rings. The minimum atomic E-state index is -0.916. The molecule has 1 fully saturated rings. The van der Waals surface area contributed by atoms with Gasteiger partial charge in [-0.3, -0.25) is 4.98 Å². The van der Waals surface area contributed by atoms with Gasteiger partial charge in [-0.1, -0.05) is 0 Å². The Morgan fingerprint density at radius 1 is 1.35 bits per heavy atom. The van der Waals surface area contributed by atoms with Crippen LogP contribution < -0.4 is 10.6 Å². The number of hydrogen-bond donors (Lipinski definition) is 1. The number of pyridine rings is 1. The van der Waals surface area contributed by atoms with Gasteiger partial charge >= 0.3 is 0 Å². The first-order chi connectivity index (χ1) is 9.69. The fraction of sp³-hybridized carbons (Fsp3) is 0.333. The van der Waals surface area contributed by atoms with Gasteiger partial charge in [0.1, 0.15) is 12.2 Å². The molecule has 0 unspecified atom stereocenters. The zero-order valence-corrected chi connectivity index (χ0v) is 11.0. The molecule has 1 aliphatic heterocycles. The van der Waals surface area contributed by atoms with Gasteiger partial charge in [-0.05, 0) is 30.7 Å². The molecule has 2 N–H and O–H groups in total. The van der Waals surface area contributed by atoms with Crippen molar-refractivity contribution in [2.24, 2.45) is 5.73 Å². The van der Waals surface area contributed by atoms with E-state index in [9.17, 15) is 4.39 Å². The summed E-state index contributed by atoms with van der Waals surface area (Å²) in [5.74, 6) is 0. The molecule has 0 bridgehead atoms. The fourth-order valence-corrected chi connectivity index (χ4v) is 2.79. The van der Waals surface area contributed by atoms with Crippen molar-refractivity contribution in [3.63, 3.8) is 0 Å². The number of nitrogens with zero attached hydrogens (tertiary/aromatic N) is 3. The lowest BCUT2D eigenvalue weighted by Crippen LogP contribution is -2.48. The predicted octanol–water partition coefficient (Wildman–Crippen LogP) is 1.98. The Balaban J connectivity index is 2.11. The smallest absolute Gasteiger partial charge is 0.119 e. The van der Waals surface area contributed by atoms with Crippen LogP contribution in [0.5, 0.6) is 0 Å². The van der Waals surface area contributed by atoms with Gasteiger partial charge in [0.05, 0.1) is 11.1 Å². The van der Waals surface area contributed by atoms with Crippen molar-refractivity contribution < 1.29 is 4.39 Å². The number of piperidine rings is 1. The van der Waals surface area contributed by atoms with Crippen LogP contribution in [0.2, 0.25) is 0 Å². The van der Waals surface area contributed by atoms with Gasteiger partial charge in [0.15, 0.2) is 0 Å². The zero-order valence-electron chi connectivity index (χ0n) is 11.0. The van der Waals surface area contributed by atoms with Gasteiger partial charge < -0.3 is 10.6 Å². The first-order valence-electron chi connectivity index (χ1n) is 6.61. The summed E-state index contributed by atoms with van der Waals surface area (Å²) in [5, 5.41) is 10.0. The van der Waals surface area contributed by atoms with Gasteiger partial charge in [0, 0.05) is 36.4 Å². The summed E-state index contributed by atoms with van der Waals surface area (Å²) in [5.41, 5.74) is 7.98. The van der Waals surface area contributed by atoms with E-state index in [1.807, 2.05) is 23.1 Å². The molecule has 0 saturated carbocycles. The summed E-state index contributed by atoms with van der Waals surface area (Å²) in [6.07, 6.45) is 1.15. The number of fused-ring (bicyclic) bond motifs is 1. The van der Waals surface area contributed by atoms with E-state index in [2.05, 4.69) is 11.1 Å². The van der Waals surface area contributed by atoms with Crippen molar-refractivity contribution >= 4 is 16.6 Å². The molecule has 1 saturated heterocycles. The largest absolute Gasteiger partial charge is 0.367 e. The minimum Gasteiger partial charge on any atom is -0.367 e. The van der Waals surface area contributed by atoms with E-state index in [0.717, 1.165) is 11.1 Å². The third kappa shape index (κ3) is 2.19. The molecule has 2 atom stereocenters. The van der Waals surface area contributed by atoms with E-state index in [4.69, 9.17) is 11.0 Å². The number of aromatic nitrogens is 1. The average Bonchev–Trinajstić information content (AvgIpc) is 2.45. The van der Waals surface area contributed by atoms with Crippen molar-refractivity contribution in [2.75, 3.05) is 18.0 Å². The maximum absolute atomic E-state index is 13.7. The molecule has 0 aliphatic carbocycles. The quantitative estimate of drug-likeness (QED) is 0.860. The third-order valence-corrected chi connectivity index (χ3v) is 3.64. The standard InChI is InChI=1S/C15H15FN4/c16-11-6-12(18)9-20(8-11)14-4-3-10(7-17)15-13(14)2-1-5-19-15/h1-5,11-12H,6,8-9,18H2/t11-,12+/m0/s1. The molecule has 0 amide bonds. The van der Waals surface area contributed by atoms with Crippen molar-refractivity contribution in [1.29, 1.82) is 5.26 Å². The number of nitrogens with two attached hydrogens (primary N) is 1. The summed E-state index contributed by atoms with van der Waals surface area (Å²) in [6, 6.07) is 9.29. The number of anilines is 1. The first-order valence-corrected chi connectivity index (χ1v) is 6.61. The third-order valence-electron chi connectivity index (χ3n) is 3.64. The maximum Gasteiger partial charge on any atom is 0.119 e. The van der Waals surface area contributed by atoms with Gasteiger partial charge in [-0.2, -0.15) is 5.26 Å². The highest BCUT2D eigenvalue weighted by Crippen LogP contribution is 2.30. The van der Waals surface area contributed by atoms with Crippen LogP contribution in [-0.2, 0) is 0 Å². The topological polar surface area (TPSA) is 65.9 Å². The Bertz CT molecular complexity index is 669. The molecule has 0 radical (unpaired) electrons. The number of benzene rings is 1. The monoisotopic (exact) mass is 270 g/mol. The molecule has 5 heteroatoms. The Labute approximate surface area is 116 Å². The van der Waals surface area contributed by atoms with E-state index in [1.54, 1.807) is 12.3 Å². The van der Waals surface area contributed by atoms with Crippen LogP contribution in [0, 0.1) is 11.3 Å². The molecule has 102 valence electrons. The van der Waals surface area contributed by atoms with Crippen molar-refractivity contribution in [1.82, 2.24) is 4.98 Å². The van der Waals surface area contributed by atoms with E-state index < -0.39 is 6.17 Å². The molecule has 4 nitrogen and oxygen atoms in total. The number of hydrogen-bond acceptors (Lipinski definition) is 4. The summed E-state index contributed by atoms with van der Waals surface area (Å²) < 4.78 is 13.7. The number of alkyl halides is 1. The fourth-order valence-electron chi connectivity index (χ4n) is 2.79. The Kier molecular flexibility index (Phi) is 3.25. The van der Waals surface area contributed by atoms with Gasteiger partial charge in [-0.25, -0.2) is 4.39 Å². The normalized spacial score (nSPS) is 22.8. The molecular formula is C15H15FN4. The SMILES string of the molecule is N#Cc1ccc(N2C[C@H](N)C[C@H](F)C2)c2cccnc12. The molecule has 2 heterocycles. The van der Waals surface area contributed by atoms with E-state index in [0.29, 0.717) is 30.6 Å². The molecule has 20 heavy (non-hydrogen) atoms. The number of halogens is 1. The minimum absolute atomic E-state index is 0.166. The predicted molar refractivity (Wildman–Crippen MR) is 76.2 cm³/mol. The second-order valence-corrected chi connectivity index (χ2v) is 5.14. The second kappa shape index (κ2) is 5.06. The van der Waals surface area contributed by atoms with Crippen LogP contribution in [-0.4, -0.2) is 30.3 Å². The molecule has 1 aromatic carbocycles. The summed E-state index contributed by atoms with van der Waals surface area (Å²) >= 11 is 0. The lowest BCUT2D eigenvalue weighted by Gasteiger charge is -2.35. The van der Waals surface area contributed by atoms with E-state index >= 15 is 0 Å². The molecule has 3 rings (SSSR count). The van der Waals surface area contributed by atoms with Crippen LogP contribution in [0.25, 0.3) is 10.9 Å². The summed E-state index contributed by atoms with van der Waals surface area (Å²) in [6.45, 7) is 0.958. The zero-order chi connectivity index (χ0) is 14.1. The molecule has 1 aromatic heterocycles. The lowest BCUT2D eigenvalue weighted by atomic mass is 10.0. The van der Waals surface area contributed by atoms with Gasteiger partial charge in [0.25, 0.3) is 0 Å². The lowest BCUT2D eigenvalue weighted by molar-refractivity contribution is 0.269. The maximum atomic E-state index is 13.7. The van der Waals surface area contributed by atoms with E-state index in [-0.39, 0.29) is 6.04 Å². The highest BCUT2D eigenvalue weighted by Gasteiger charge is 2.26. The first kappa shape index (κ1) is 12.8. The second-order valence-electron chi connectivity index (χ2n) is 5.14. The highest BCUT2D eigenvalue weighted by molar-refractivity contribution is 5.95. The van der Waals surface area contributed by atoms with Crippen molar-refractivity contribution in [3.8, 4) is 6.07 Å². The molecule has 0 spiro atoms. The Hall–Kier alpha value is -2.19. The Morgan fingerprint density at radius 2 is 2.20 bits per heavy atom. The van der Waals surface area contributed by atoms with Crippen LogP contribution in [0.3, 0.4) is 0 Å². The number of nitriles is 1. The average molecular weight is 270 g/mol. The van der Waals surface area contributed by atoms with Crippen molar-refractivity contribution in [3.05, 3.63) is 36.0 Å². The van der Waals surface area contributed by atoms with Crippen LogP contribution >= 0.6 is 0 Å². The van der Waals surface area contributed by atoms with E-state index in [1.165, 1.54) is 0 Å². The molecule has 2 aromatic rings. The number of rotatable bonds is 1. The van der Waals surface area contributed by atoms with Crippen LogP contribution in [0.1, 0.15) is 12.0 Å². The summed E-state index contributed by atoms with van der Waals surface area (Å²) in [7, 11) is 0. The van der Waals surface area contributed by atoms with Crippen molar-refractivity contribution in [2.45, 2.75) is 18.6 Å².